The van der Waals surface area contributed by atoms with E-state index < -0.39 is 11.2 Å². The molecule has 1 heterocycles. The van der Waals surface area contributed by atoms with Gasteiger partial charge < -0.3 is 20.7 Å². The van der Waals surface area contributed by atoms with Crippen LogP contribution in [0.4, 0.5) is 17.2 Å². The van der Waals surface area contributed by atoms with Crippen LogP contribution in [0.1, 0.15) is 30.9 Å². The van der Waals surface area contributed by atoms with Gasteiger partial charge >= 0.3 is 5.69 Å². The van der Waals surface area contributed by atoms with Gasteiger partial charge in [0, 0.05) is 25.9 Å². The molecule has 2 aromatic rings. The summed E-state index contributed by atoms with van der Waals surface area (Å²) in [6, 6.07) is 5.98. The van der Waals surface area contributed by atoms with E-state index in [-0.39, 0.29) is 11.5 Å². The molecule has 0 radical (unpaired) electrons. The van der Waals surface area contributed by atoms with E-state index >= 15 is 0 Å². The van der Waals surface area contributed by atoms with Crippen molar-refractivity contribution in [3.8, 4) is 0 Å². The van der Waals surface area contributed by atoms with Crippen molar-refractivity contribution in [1.29, 1.82) is 0 Å². The van der Waals surface area contributed by atoms with Gasteiger partial charge in [0.15, 0.2) is 10.8 Å². The molecular formula is C20H29N5O3S. The first-order chi connectivity index (χ1) is 13.8. The number of hydrogen-bond donors (Lipinski definition) is 3. The minimum absolute atomic E-state index is 0.0906. The van der Waals surface area contributed by atoms with E-state index in [1.54, 1.807) is 12.0 Å². The smallest absolute Gasteiger partial charge is 0.330 e. The molecule has 29 heavy (non-hydrogen) atoms. The molecule has 9 heteroatoms. The molecular weight excluding hydrogens is 390 g/mol. The molecule has 1 aromatic heterocycles. The van der Waals surface area contributed by atoms with E-state index in [0.717, 1.165) is 29.7 Å². The van der Waals surface area contributed by atoms with Crippen LogP contribution >= 0.6 is 12.2 Å². The van der Waals surface area contributed by atoms with Crippen molar-refractivity contribution < 1.29 is 4.74 Å². The fourth-order valence-electron chi connectivity index (χ4n) is 3.11. The van der Waals surface area contributed by atoms with Crippen LogP contribution in [-0.4, -0.2) is 34.9 Å². The molecule has 0 atom stereocenters. The van der Waals surface area contributed by atoms with E-state index in [2.05, 4.69) is 16.4 Å². The Bertz CT molecular complexity index is 963. The Morgan fingerprint density at radius 3 is 2.52 bits per heavy atom. The summed E-state index contributed by atoms with van der Waals surface area (Å²) in [5.74, 6) is 0.0906. The van der Waals surface area contributed by atoms with Crippen molar-refractivity contribution >= 4 is 34.5 Å². The van der Waals surface area contributed by atoms with E-state index in [4.69, 9.17) is 22.7 Å². The number of thiocarbonyl (C=S) groups is 1. The topological polar surface area (TPSA) is 105 Å². The standard InChI is InChI=1S/C20H29N5O3S/c1-5-6-7-25-17(21)16(18(26)23-19(25)27)24(8-9-28-4)20(29)22-15-11-13(2)10-14(3)12-15/h10-12H,5-9,21H2,1-4H3,(H,22,29)(H,23,26,27). The van der Waals surface area contributed by atoms with E-state index in [9.17, 15) is 9.59 Å². The number of aryl methyl sites for hydroxylation is 2. The van der Waals surface area contributed by atoms with Gasteiger partial charge in [-0.3, -0.25) is 14.3 Å². The first-order valence-electron chi connectivity index (χ1n) is 9.56. The Hall–Kier alpha value is -2.65. The lowest BCUT2D eigenvalue weighted by molar-refractivity contribution is 0.208. The monoisotopic (exact) mass is 419 g/mol. The lowest BCUT2D eigenvalue weighted by Crippen LogP contribution is -2.44. The number of nitrogen functional groups attached to an aromatic ring is 1. The van der Waals surface area contributed by atoms with Crippen LogP contribution in [0.15, 0.2) is 27.8 Å². The van der Waals surface area contributed by atoms with Crippen LogP contribution in [-0.2, 0) is 11.3 Å². The number of rotatable bonds is 8. The average molecular weight is 420 g/mol. The minimum atomic E-state index is -0.582. The van der Waals surface area contributed by atoms with Gasteiger partial charge in [0.25, 0.3) is 5.56 Å². The van der Waals surface area contributed by atoms with E-state index in [0.29, 0.717) is 24.8 Å². The maximum Gasteiger partial charge on any atom is 0.330 e. The normalized spacial score (nSPS) is 10.8. The van der Waals surface area contributed by atoms with Gasteiger partial charge in [-0.05, 0) is 55.7 Å². The van der Waals surface area contributed by atoms with Crippen molar-refractivity contribution in [3.05, 3.63) is 50.2 Å². The summed E-state index contributed by atoms with van der Waals surface area (Å²) in [6.07, 6.45) is 1.65. The summed E-state index contributed by atoms with van der Waals surface area (Å²) >= 11 is 5.59. The fraction of sp³-hybridized carbons (Fsp3) is 0.450. The number of anilines is 3. The Balaban J connectivity index is 2.47. The highest BCUT2D eigenvalue weighted by Gasteiger charge is 2.22. The van der Waals surface area contributed by atoms with Crippen LogP contribution < -0.4 is 27.2 Å². The molecule has 0 fully saturated rings. The first kappa shape index (κ1) is 22.6. The molecule has 8 nitrogen and oxygen atoms in total. The maximum atomic E-state index is 12.6. The number of unbranched alkanes of at least 4 members (excludes halogenated alkanes) is 1. The molecule has 158 valence electrons. The van der Waals surface area contributed by atoms with Gasteiger partial charge in [0.1, 0.15) is 5.82 Å². The van der Waals surface area contributed by atoms with Crippen LogP contribution in [0.5, 0.6) is 0 Å². The molecule has 0 saturated carbocycles. The number of ether oxygens (including phenoxy) is 1. The molecule has 0 amide bonds. The Labute approximate surface area is 175 Å². The van der Waals surface area contributed by atoms with Gasteiger partial charge in [0.05, 0.1) is 6.61 Å². The Morgan fingerprint density at radius 2 is 1.93 bits per heavy atom. The van der Waals surface area contributed by atoms with E-state index in [1.165, 1.54) is 4.57 Å². The second-order valence-corrected chi connectivity index (χ2v) is 7.34. The molecule has 2 rings (SSSR count). The summed E-state index contributed by atoms with van der Waals surface area (Å²) in [6.45, 7) is 7.04. The zero-order valence-electron chi connectivity index (χ0n) is 17.4. The highest BCUT2D eigenvalue weighted by atomic mass is 32.1. The molecule has 1 aromatic carbocycles. The van der Waals surface area contributed by atoms with Gasteiger partial charge in [-0.2, -0.15) is 0 Å². The number of methoxy groups -OCH3 is 1. The maximum absolute atomic E-state index is 12.6. The summed E-state index contributed by atoms with van der Waals surface area (Å²) in [7, 11) is 1.56. The highest BCUT2D eigenvalue weighted by Crippen LogP contribution is 2.20. The van der Waals surface area contributed by atoms with Crippen molar-refractivity contribution in [1.82, 2.24) is 9.55 Å². The van der Waals surface area contributed by atoms with Crippen molar-refractivity contribution in [3.63, 3.8) is 0 Å². The zero-order valence-corrected chi connectivity index (χ0v) is 18.2. The van der Waals surface area contributed by atoms with Gasteiger partial charge in [-0.1, -0.05) is 19.4 Å². The molecule has 0 saturated heterocycles. The molecule has 4 N–H and O–H groups in total. The zero-order chi connectivity index (χ0) is 21.6. The molecule has 0 aliphatic rings. The van der Waals surface area contributed by atoms with Crippen LogP contribution in [0, 0.1) is 13.8 Å². The summed E-state index contributed by atoms with van der Waals surface area (Å²) in [4.78, 5) is 28.8. The third kappa shape index (κ3) is 5.68. The number of aromatic amines is 1. The Morgan fingerprint density at radius 1 is 1.28 bits per heavy atom. The molecule has 0 unspecified atom stereocenters. The van der Waals surface area contributed by atoms with Crippen LogP contribution in [0.3, 0.4) is 0 Å². The number of aromatic nitrogens is 2. The number of hydrogen-bond acceptors (Lipinski definition) is 5. The highest BCUT2D eigenvalue weighted by molar-refractivity contribution is 7.80. The number of benzene rings is 1. The second-order valence-electron chi connectivity index (χ2n) is 6.95. The van der Waals surface area contributed by atoms with Gasteiger partial charge in [-0.25, -0.2) is 4.79 Å². The fourth-order valence-corrected chi connectivity index (χ4v) is 3.41. The van der Waals surface area contributed by atoms with E-state index in [1.807, 2.05) is 32.9 Å². The summed E-state index contributed by atoms with van der Waals surface area (Å²) in [5.41, 5.74) is 8.27. The van der Waals surface area contributed by atoms with Crippen molar-refractivity contribution in [2.45, 2.75) is 40.2 Å². The molecule has 0 bridgehead atoms. The number of nitrogens with zero attached hydrogens (tertiary/aromatic N) is 2. The van der Waals surface area contributed by atoms with Crippen molar-refractivity contribution in [2.75, 3.05) is 36.2 Å². The summed E-state index contributed by atoms with van der Waals surface area (Å²) < 4.78 is 6.55. The van der Waals surface area contributed by atoms with Crippen LogP contribution in [0.25, 0.3) is 0 Å². The molecule has 0 spiro atoms. The third-order valence-corrected chi connectivity index (χ3v) is 4.78. The first-order valence-corrected chi connectivity index (χ1v) is 9.97. The summed E-state index contributed by atoms with van der Waals surface area (Å²) in [5, 5.41) is 3.47. The minimum Gasteiger partial charge on any atom is -0.383 e. The number of H-pyrrole nitrogens is 1. The predicted molar refractivity (Wildman–Crippen MR) is 122 cm³/mol. The molecule has 0 aliphatic heterocycles. The van der Waals surface area contributed by atoms with Crippen LogP contribution in [0.2, 0.25) is 0 Å². The second kappa shape index (κ2) is 10.2. The van der Waals surface area contributed by atoms with Crippen molar-refractivity contribution in [2.24, 2.45) is 0 Å². The SMILES string of the molecule is CCCCn1c(N)c(N(CCOC)C(=S)Nc2cc(C)cc(C)c2)c(=O)[nH]c1=O. The Kier molecular flexibility index (Phi) is 7.98. The predicted octanol–water partition coefficient (Wildman–Crippen LogP) is 2.39. The number of nitrogens with one attached hydrogen (secondary N) is 2. The average Bonchev–Trinajstić information content (AvgIpc) is 2.63. The molecule has 0 aliphatic carbocycles. The lowest BCUT2D eigenvalue weighted by atomic mass is 10.1. The lowest BCUT2D eigenvalue weighted by Gasteiger charge is -2.27. The quantitative estimate of drug-likeness (QED) is 0.564. The largest absolute Gasteiger partial charge is 0.383 e. The third-order valence-electron chi connectivity index (χ3n) is 4.46. The van der Waals surface area contributed by atoms with Gasteiger partial charge in [-0.15, -0.1) is 0 Å². The van der Waals surface area contributed by atoms with Gasteiger partial charge in [0.2, 0.25) is 0 Å². The number of nitrogens with two attached hydrogens (primary N) is 1.